The monoisotopic (exact) mass is 298 g/mol. The second-order valence-corrected chi connectivity index (χ2v) is 6.57. The van der Waals surface area contributed by atoms with Gasteiger partial charge >= 0.3 is 0 Å². The van der Waals surface area contributed by atoms with E-state index < -0.39 is 0 Å². The molecule has 1 aromatic rings. The number of aromatic nitrogens is 1. The first-order valence-electron chi connectivity index (χ1n) is 7.44. The summed E-state index contributed by atoms with van der Waals surface area (Å²) in [5.74, 6) is 2.16. The lowest BCUT2D eigenvalue weighted by Crippen LogP contribution is -2.28. The lowest BCUT2D eigenvalue weighted by atomic mass is 10.1. The Morgan fingerprint density at radius 1 is 1.15 bits per heavy atom. The third-order valence-corrected chi connectivity index (χ3v) is 3.59. The Bertz CT molecular complexity index is 395. The molecule has 0 atom stereocenters. The van der Waals surface area contributed by atoms with Crippen LogP contribution in [-0.2, 0) is 6.61 Å². The summed E-state index contributed by atoms with van der Waals surface area (Å²) in [6.45, 7) is 10.8. The average molecular weight is 299 g/mol. The van der Waals surface area contributed by atoms with Crippen LogP contribution in [0.5, 0.6) is 0 Å². The number of aliphatic hydroxyl groups excluding tert-OH is 1. The standard InChI is InChI=1S/C16H27ClN2O/c1-12(2)5-7-19(8-6-13(3)4)16-15(17)9-14(11-20)10-18-16/h9-10,12-13,20H,5-8,11H2,1-4H3. The molecule has 114 valence electrons. The van der Waals surface area contributed by atoms with Gasteiger partial charge in [0, 0.05) is 19.3 Å². The van der Waals surface area contributed by atoms with E-state index in [1.165, 1.54) is 0 Å². The fraction of sp³-hybridized carbons (Fsp3) is 0.688. The molecule has 0 spiro atoms. The quantitative estimate of drug-likeness (QED) is 0.784. The van der Waals surface area contributed by atoms with Crippen LogP contribution in [0, 0.1) is 11.8 Å². The summed E-state index contributed by atoms with van der Waals surface area (Å²) in [5, 5.41) is 9.76. The number of nitrogens with zero attached hydrogens (tertiary/aromatic N) is 2. The van der Waals surface area contributed by atoms with Crippen molar-refractivity contribution in [2.45, 2.75) is 47.1 Å². The molecule has 0 aliphatic heterocycles. The van der Waals surface area contributed by atoms with E-state index in [0.29, 0.717) is 16.9 Å². The van der Waals surface area contributed by atoms with Gasteiger partial charge in [-0.1, -0.05) is 39.3 Å². The minimum Gasteiger partial charge on any atom is -0.392 e. The summed E-state index contributed by atoms with van der Waals surface area (Å²) < 4.78 is 0. The zero-order valence-electron chi connectivity index (χ0n) is 13.1. The Balaban J connectivity index is 2.84. The van der Waals surface area contributed by atoms with Crippen LogP contribution in [0.25, 0.3) is 0 Å². The fourth-order valence-corrected chi connectivity index (χ4v) is 2.25. The van der Waals surface area contributed by atoms with Gasteiger partial charge in [0.05, 0.1) is 11.6 Å². The fourth-order valence-electron chi connectivity index (χ4n) is 1.94. The Labute approximate surface area is 128 Å². The average Bonchev–Trinajstić information content (AvgIpc) is 2.39. The molecule has 0 aliphatic rings. The maximum absolute atomic E-state index is 9.13. The molecule has 0 amide bonds. The third kappa shape index (κ3) is 5.68. The number of pyridine rings is 1. The largest absolute Gasteiger partial charge is 0.392 e. The van der Waals surface area contributed by atoms with E-state index in [4.69, 9.17) is 16.7 Å². The molecule has 0 aliphatic carbocycles. The highest BCUT2D eigenvalue weighted by atomic mass is 35.5. The molecule has 20 heavy (non-hydrogen) atoms. The highest BCUT2D eigenvalue weighted by Gasteiger charge is 2.13. The minimum absolute atomic E-state index is 0.0228. The van der Waals surface area contributed by atoms with Crippen molar-refractivity contribution >= 4 is 17.4 Å². The van der Waals surface area contributed by atoms with Crippen molar-refractivity contribution in [3.63, 3.8) is 0 Å². The predicted molar refractivity (Wildman–Crippen MR) is 86.3 cm³/mol. The first-order chi connectivity index (χ1) is 9.43. The van der Waals surface area contributed by atoms with Crippen molar-refractivity contribution in [1.82, 2.24) is 4.98 Å². The molecule has 0 bridgehead atoms. The van der Waals surface area contributed by atoms with Crippen LogP contribution in [-0.4, -0.2) is 23.2 Å². The van der Waals surface area contributed by atoms with Crippen LogP contribution in [0.3, 0.4) is 0 Å². The lowest BCUT2D eigenvalue weighted by molar-refractivity contribution is 0.281. The van der Waals surface area contributed by atoms with Gasteiger partial charge in [0.1, 0.15) is 5.82 Å². The normalized spacial score (nSPS) is 11.4. The van der Waals surface area contributed by atoms with Crippen molar-refractivity contribution in [1.29, 1.82) is 0 Å². The van der Waals surface area contributed by atoms with Crippen molar-refractivity contribution in [3.8, 4) is 0 Å². The van der Waals surface area contributed by atoms with Gasteiger partial charge in [-0.15, -0.1) is 0 Å². The summed E-state index contributed by atoms with van der Waals surface area (Å²) in [6.07, 6.45) is 3.95. The molecule has 0 fully saturated rings. The molecule has 0 radical (unpaired) electrons. The van der Waals surface area contributed by atoms with E-state index in [0.717, 1.165) is 37.3 Å². The first kappa shape index (κ1) is 17.3. The maximum Gasteiger partial charge on any atom is 0.147 e. The molecule has 1 rings (SSSR count). The Kier molecular flexibility index (Phi) is 7.31. The highest BCUT2D eigenvalue weighted by molar-refractivity contribution is 6.33. The Morgan fingerprint density at radius 3 is 2.10 bits per heavy atom. The van der Waals surface area contributed by atoms with E-state index in [1.807, 2.05) is 6.07 Å². The molecule has 1 heterocycles. The van der Waals surface area contributed by atoms with Crippen LogP contribution >= 0.6 is 11.6 Å². The van der Waals surface area contributed by atoms with Gasteiger partial charge in [-0.3, -0.25) is 0 Å². The maximum atomic E-state index is 9.13. The van der Waals surface area contributed by atoms with E-state index in [2.05, 4.69) is 37.6 Å². The molecule has 3 nitrogen and oxygen atoms in total. The highest BCUT2D eigenvalue weighted by Crippen LogP contribution is 2.25. The minimum atomic E-state index is -0.0228. The topological polar surface area (TPSA) is 36.4 Å². The first-order valence-corrected chi connectivity index (χ1v) is 7.82. The van der Waals surface area contributed by atoms with Crippen molar-refractivity contribution < 1.29 is 5.11 Å². The zero-order chi connectivity index (χ0) is 15.1. The molecule has 4 heteroatoms. The second-order valence-electron chi connectivity index (χ2n) is 6.16. The molecular weight excluding hydrogens is 272 g/mol. The number of halogens is 1. The van der Waals surface area contributed by atoms with Crippen molar-refractivity contribution in [2.24, 2.45) is 11.8 Å². The molecule has 0 aromatic carbocycles. The van der Waals surface area contributed by atoms with E-state index in [9.17, 15) is 0 Å². The van der Waals surface area contributed by atoms with Gasteiger partial charge in [0.25, 0.3) is 0 Å². The SMILES string of the molecule is CC(C)CCN(CCC(C)C)c1ncc(CO)cc1Cl. The van der Waals surface area contributed by atoms with Gasteiger partial charge in [0.2, 0.25) is 0 Å². The van der Waals surface area contributed by atoms with Gasteiger partial charge in [-0.2, -0.15) is 0 Å². The number of rotatable bonds is 8. The summed E-state index contributed by atoms with van der Waals surface area (Å²) in [7, 11) is 0. The second kappa shape index (κ2) is 8.48. The van der Waals surface area contributed by atoms with Crippen LogP contribution in [0.2, 0.25) is 5.02 Å². The van der Waals surface area contributed by atoms with Gasteiger partial charge < -0.3 is 10.0 Å². The Morgan fingerprint density at radius 2 is 1.70 bits per heavy atom. The molecule has 0 unspecified atom stereocenters. The summed E-state index contributed by atoms with van der Waals surface area (Å²) in [6, 6.07) is 1.81. The van der Waals surface area contributed by atoms with Crippen LogP contribution in [0.4, 0.5) is 5.82 Å². The molecular formula is C16H27ClN2O. The van der Waals surface area contributed by atoms with Crippen LogP contribution < -0.4 is 4.90 Å². The van der Waals surface area contributed by atoms with Gasteiger partial charge in [0.15, 0.2) is 0 Å². The Hall–Kier alpha value is -0.800. The molecule has 1 aromatic heterocycles. The van der Waals surface area contributed by atoms with Crippen LogP contribution in [0.15, 0.2) is 12.3 Å². The number of anilines is 1. The molecule has 0 saturated heterocycles. The van der Waals surface area contributed by atoms with Crippen molar-refractivity contribution in [2.75, 3.05) is 18.0 Å². The smallest absolute Gasteiger partial charge is 0.147 e. The molecule has 1 N–H and O–H groups in total. The summed E-state index contributed by atoms with van der Waals surface area (Å²) in [5.41, 5.74) is 0.756. The van der Waals surface area contributed by atoms with E-state index in [1.54, 1.807) is 6.20 Å². The van der Waals surface area contributed by atoms with Gasteiger partial charge in [-0.25, -0.2) is 4.98 Å². The number of aliphatic hydroxyl groups is 1. The summed E-state index contributed by atoms with van der Waals surface area (Å²) >= 11 is 6.32. The lowest BCUT2D eigenvalue weighted by Gasteiger charge is -2.26. The van der Waals surface area contributed by atoms with Crippen LogP contribution in [0.1, 0.15) is 46.1 Å². The predicted octanol–water partition coefficient (Wildman–Crippen LogP) is 4.13. The number of hydrogen-bond acceptors (Lipinski definition) is 3. The molecule has 0 saturated carbocycles. The van der Waals surface area contributed by atoms with E-state index >= 15 is 0 Å². The van der Waals surface area contributed by atoms with E-state index in [-0.39, 0.29) is 6.61 Å². The third-order valence-electron chi connectivity index (χ3n) is 3.31. The van der Waals surface area contributed by atoms with Crippen molar-refractivity contribution in [3.05, 3.63) is 22.8 Å². The number of hydrogen-bond donors (Lipinski definition) is 1. The van der Waals surface area contributed by atoms with Gasteiger partial charge in [-0.05, 0) is 36.3 Å². The zero-order valence-corrected chi connectivity index (χ0v) is 13.8. The summed E-state index contributed by atoms with van der Waals surface area (Å²) in [4.78, 5) is 6.71.